The zero-order valence-corrected chi connectivity index (χ0v) is 12.3. The van der Waals surface area contributed by atoms with Gasteiger partial charge >= 0.3 is 0 Å². The Bertz CT molecular complexity index is 551. The molecule has 0 aliphatic rings. The van der Waals surface area contributed by atoms with E-state index in [0.29, 0.717) is 17.3 Å². The normalized spacial score (nSPS) is 10.4. The SMILES string of the molecule is Cc1ccc(Cl)cc1OCc1cc(N)cc(Br)c1. The third-order valence-corrected chi connectivity index (χ3v) is 3.22. The summed E-state index contributed by atoms with van der Waals surface area (Å²) in [6, 6.07) is 11.3. The molecule has 0 fully saturated rings. The third-order valence-electron chi connectivity index (χ3n) is 2.52. The van der Waals surface area contributed by atoms with Crippen LogP contribution in [0.4, 0.5) is 5.69 Å². The second-order valence-corrected chi connectivity index (χ2v) is 5.44. The van der Waals surface area contributed by atoms with Gasteiger partial charge in [0, 0.05) is 15.2 Å². The summed E-state index contributed by atoms with van der Waals surface area (Å²) in [6.45, 7) is 2.45. The fourth-order valence-corrected chi connectivity index (χ4v) is 2.37. The predicted octanol–water partition coefficient (Wildman–Crippen LogP) is 4.57. The van der Waals surface area contributed by atoms with Crippen molar-refractivity contribution < 1.29 is 4.74 Å². The highest BCUT2D eigenvalue weighted by Gasteiger charge is 2.03. The molecule has 0 saturated carbocycles. The topological polar surface area (TPSA) is 35.2 Å². The summed E-state index contributed by atoms with van der Waals surface area (Å²) in [4.78, 5) is 0. The van der Waals surface area contributed by atoms with Crippen molar-refractivity contribution in [3.05, 3.63) is 57.0 Å². The smallest absolute Gasteiger partial charge is 0.124 e. The second-order valence-electron chi connectivity index (χ2n) is 4.09. The first-order valence-electron chi connectivity index (χ1n) is 5.48. The van der Waals surface area contributed by atoms with Crippen LogP contribution >= 0.6 is 27.5 Å². The fourth-order valence-electron chi connectivity index (χ4n) is 1.65. The lowest BCUT2D eigenvalue weighted by molar-refractivity contribution is 0.304. The number of hydrogen-bond acceptors (Lipinski definition) is 2. The maximum absolute atomic E-state index is 5.94. The van der Waals surface area contributed by atoms with Crippen molar-refractivity contribution in [3.8, 4) is 5.75 Å². The van der Waals surface area contributed by atoms with Gasteiger partial charge in [-0.15, -0.1) is 0 Å². The Kier molecular flexibility index (Phi) is 4.15. The lowest BCUT2D eigenvalue weighted by atomic mass is 10.2. The van der Waals surface area contributed by atoms with Crippen molar-refractivity contribution in [3.63, 3.8) is 0 Å². The number of hydrogen-bond donors (Lipinski definition) is 1. The van der Waals surface area contributed by atoms with Gasteiger partial charge in [-0.3, -0.25) is 0 Å². The first-order valence-corrected chi connectivity index (χ1v) is 6.65. The van der Waals surface area contributed by atoms with Crippen LogP contribution in [0.2, 0.25) is 5.02 Å². The van der Waals surface area contributed by atoms with Crippen LogP contribution in [0.3, 0.4) is 0 Å². The largest absolute Gasteiger partial charge is 0.489 e. The summed E-state index contributed by atoms with van der Waals surface area (Å²) in [5, 5.41) is 0.671. The highest BCUT2D eigenvalue weighted by atomic mass is 79.9. The predicted molar refractivity (Wildman–Crippen MR) is 79.1 cm³/mol. The first kappa shape index (κ1) is 13.2. The van der Waals surface area contributed by atoms with Gasteiger partial charge in [0.15, 0.2) is 0 Å². The Labute approximate surface area is 120 Å². The second kappa shape index (κ2) is 5.63. The molecule has 2 aromatic carbocycles. The van der Waals surface area contributed by atoms with E-state index in [1.807, 2.05) is 43.3 Å². The molecule has 2 N–H and O–H groups in total. The van der Waals surface area contributed by atoms with E-state index in [-0.39, 0.29) is 0 Å². The average molecular weight is 327 g/mol. The van der Waals surface area contributed by atoms with Crippen LogP contribution in [0.5, 0.6) is 5.75 Å². The van der Waals surface area contributed by atoms with Gasteiger partial charge in [-0.1, -0.05) is 33.6 Å². The van der Waals surface area contributed by atoms with E-state index in [9.17, 15) is 0 Å². The van der Waals surface area contributed by atoms with E-state index in [1.165, 1.54) is 0 Å². The molecule has 0 atom stereocenters. The van der Waals surface area contributed by atoms with E-state index >= 15 is 0 Å². The van der Waals surface area contributed by atoms with Crippen molar-refractivity contribution in [1.82, 2.24) is 0 Å². The van der Waals surface area contributed by atoms with Crippen LogP contribution in [0, 0.1) is 6.92 Å². The maximum Gasteiger partial charge on any atom is 0.124 e. The van der Waals surface area contributed by atoms with E-state index in [0.717, 1.165) is 21.3 Å². The zero-order chi connectivity index (χ0) is 13.1. The lowest BCUT2D eigenvalue weighted by Gasteiger charge is -2.10. The lowest BCUT2D eigenvalue weighted by Crippen LogP contribution is -1.98. The van der Waals surface area contributed by atoms with Gasteiger partial charge in [-0.25, -0.2) is 0 Å². The number of halogens is 2. The molecular weight excluding hydrogens is 314 g/mol. The quantitative estimate of drug-likeness (QED) is 0.838. The summed E-state index contributed by atoms with van der Waals surface area (Å²) in [7, 11) is 0. The monoisotopic (exact) mass is 325 g/mol. The van der Waals surface area contributed by atoms with E-state index in [2.05, 4.69) is 15.9 Å². The van der Waals surface area contributed by atoms with E-state index in [1.54, 1.807) is 0 Å². The van der Waals surface area contributed by atoms with Gasteiger partial charge in [0.2, 0.25) is 0 Å². The molecule has 2 aromatic rings. The Hall–Kier alpha value is -1.19. The molecule has 2 nitrogen and oxygen atoms in total. The van der Waals surface area contributed by atoms with Crippen molar-refractivity contribution in [1.29, 1.82) is 0 Å². The van der Waals surface area contributed by atoms with Crippen LogP contribution in [0.25, 0.3) is 0 Å². The average Bonchev–Trinajstić information content (AvgIpc) is 2.29. The van der Waals surface area contributed by atoms with E-state index in [4.69, 9.17) is 22.1 Å². The minimum Gasteiger partial charge on any atom is -0.489 e. The molecule has 0 aliphatic heterocycles. The van der Waals surface area contributed by atoms with Crippen molar-refractivity contribution in [2.75, 3.05) is 5.73 Å². The molecular formula is C14H13BrClNO. The van der Waals surface area contributed by atoms with Crippen LogP contribution < -0.4 is 10.5 Å². The molecule has 0 aliphatic carbocycles. The van der Waals surface area contributed by atoms with E-state index < -0.39 is 0 Å². The molecule has 0 bridgehead atoms. The standard InChI is InChI=1S/C14H13BrClNO/c1-9-2-3-12(16)7-14(9)18-8-10-4-11(15)6-13(17)5-10/h2-7H,8,17H2,1H3. The molecule has 4 heteroatoms. The number of rotatable bonds is 3. The Morgan fingerprint density at radius 2 is 2.00 bits per heavy atom. The van der Waals surface area contributed by atoms with Gasteiger partial charge in [0.1, 0.15) is 12.4 Å². The van der Waals surface area contributed by atoms with Crippen molar-refractivity contribution >= 4 is 33.2 Å². The summed E-state index contributed by atoms with van der Waals surface area (Å²) < 4.78 is 6.70. The van der Waals surface area contributed by atoms with Crippen molar-refractivity contribution in [2.45, 2.75) is 13.5 Å². The van der Waals surface area contributed by atoms with Crippen LogP contribution in [0.1, 0.15) is 11.1 Å². The molecule has 18 heavy (non-hydrogen) atoms. The number of anilines is 1. The molecule has 0 unspecified atom stereocenters. The van der Waals surface area contributed by atoms with Gasteiger partial charge in [-0.05, 0) is 48.4 Å². The first-order chi connectivity index (χ1) is 8.54. The highest BCUT2D eigenvalue weighted by Crippen LogP contribution is 2.24. The van der Waals surface area contributed by atoms with Gasteiger partial charge in [0.25, 0.3) is 0 Å². The van der Waals surface area contributed by atoms with Crippen LogP contribution in [0.15, 0.2) is 40.9 Å². The van der Waals surface area contributed by atoms with Crippen LogP contribution in [-0.2, 0) is 6.61 Å². The number of nitrogen functional groups attached to an aromatic ring is 1. The van der Waals surface area contributed by atoms with Crippen molar-refractivity contribution in [2.24, 2.45) is 0 Å². The van der Waals surface area contributed by atoms with Gasteiger partial charge in [0.05, 0.1) is 0 Å². The zero-order valence-electron chi connectivity index (χ0n) is 9.91. The molecule has 94 valence electrons. The fraction of sp³-hybridized carbons (Fsp3) is 0.143. The number of ether oxygens (including phenoxy) is 1. The summed E-state index contributed by atoms with van der Waals surface area (Å²) in [6.07, 6.45) is 0. The summed E-state index contributed by atoms with van der Waals surface area (Å²) >= 11 is 9.35. The Morgan fingerprint density at radius 1 is 1.22 bits per heavy atom. The maximum atomic E-state index is 5.94. The number of benzene rings is 2. The molecule has 2 rings (SSSR count). The minimum atomic E-state index is 0.463. The molecule has 0 heterocycles. The molecule has 0 saturated heterocycles. The third kappa shape index (κ3) is 3.40. The van der Waals surface area contributed by atoms with Crippen LogP contribution in [-0.4, -0.2) is 0 Å². The number of nitrogens with two attached hydrogens (primary N) is 1. The minimum absolute atomic E-state index is 0.463. The van der Waals surface area contributed by atoms with Gasteiger partial charge < -0.3 is 10.5 Å². The summed E-state index contributed by atoms with van der Waals surface area (Å²) in [5.74, 6) is 0.793. The van der Waals surface area contributed by atoms with Gasteiger partial charge in [-0.2, -0.15) is 0 Å². The Balaban J connectivity index is 2.13. The highest BCUT2D eigenvalue weighted by molar-refractivity contribution is 9.10. The molecule has 0 spiro atoms. The summed E-state index contributed by atoms with van der Waals surface area (Å²) in [5.41, 5.74) is 8.56. The molecule has 0 amide bonds. The molecule has 0 radical (unpaired) electrons. The molecule has 0 aromatic heterocycles. The number of aryl methyl sites for hydroxylation is 1. The Morgan fingerprint density at radius 3 is 2.72 bits per heavy atom.